The van der Waals surface area contributed by atoms with E-state index in [9.17, 15) is 0 Å². The summed E-state index contributed by atoms with van der Waals surface area (Å²) in [6.45, 7) is 1.45. The van der Waals surface area contributed by atoms with E-state index in [1.807, 2.05) is 0 Å². The highest BCUT2D eigenvalue weighted by Gasteiger charge is 1.92. The van der Waals surface area contributed by atoms with E-state index in [2.05, 4.69) is 15.8 Å². The lowest BCUT2D eigenvalue weighted by Gasteiger charge is -2.05. The van der Waals surface area contributed by atoms with Gasteiger partial charge in [0.25, 0.3) is 0 Å². The van der Waals surface area contributed by atoms with Gasteiger partial charge in [0.1, 0.15) is 5.75 Å². The van der Waals surface area contributed by atoms with E-state index in [0.29, 0.717) is 11.7 Å². The molecule has 0 fully saturated rings. The van der Waals surface area contributed by atoms with Crippen molar-refractivity contribution in [3.63, 3.8) is 0 Å². The van der Waals surface area contributed by atoms with Crippen LogP contribution in [0, 0.1) is 0 Å². The average Bonchev–Trinajstić information content (AvgIpc) is 2.37. The van der Waals surface area contributed by atoms with Gasteiger partial charge in [-0.05, 0) is 48.5 Å². The fourth-order valence-corrected chi connectivity index (χ4v) is 1.34. The summed E-state index contributed by atoms with van der Waals surface area (Å²) in [5.41, 5.74) is 3.59. The minimum absolute atomic E-state index is 0.232. The zero-order valence-corrected chi connectivity index (χ0v) is 11.0. The van der Waals surface area contributed by atoms with E-state index >= 15 is 0 Å². The Morgan fingerprint density at radius 2 is 2.17 bits per heavy atom. The minimum atomic E-state index is 0.232. The van der Waals surface area contributed by atoms with Gasteiger partial charge in [0.15, 0.2) is 5.11 Å². The first-order valence-electron chi connectivity index (χ1n) is 5.57. The molecular weight excluding hydrogens is 250 g/mol. The molecule has 0 radical (unpaired) electrons. The number of nitrogens with zero attached hydrogens (tertiary/aromatic N) is 1. The fourth-order valence-electron chi connectivity index (χ4n) is 1.18. The van der Waals surface area contributed by atoms with Gasteiger partial charge in [0.05, 0.1) is 6.21 Å². The van der Waals surface area contributed by atoms with E-state index in [-0.39, 0.29) is 5.75 Å². The molecular formula is C12H17N3O2S. The van der Waals surface area contributed by atoms with Crippen molar-refractivity contribution < 1.29 is 9.84 Å². The first-order chi connectivity index (χ1) is 8.72. The van der Waals surface area contributed by atoms with Gasteiger partial charge >= 0.3 is 0 Å². The molecule has 0 aliphatic rings. The van der Waals surface area contributed by atoms with E-state index in [1.165, 1.54) is 0 Å². The third-order valence-electron chi connectivity index (χ3n) is 2.08. The van der Waals surface area contributed by atoms with Gasteiger partial charge in [-0.15, -0.1) is 0 Å². The fraction of sp³-hybridized carbons (Fsp3) is 0.333. The van der Waals surface area contributed by atoms with Crippen LogP contribution in [0.1, 0.15) is 12.0 Å². The highest BCUT2D eigenvalue weighted by molar-refractivity contribution is 7.80. The summed E-state index contributed by atoms with van der Waals surface area (Å²) in [6.07, 6.45) is 2.52. The van der Waals surface area contributed by atoms with E-state index < -0.39 is 0 Å². The number of phenolic OH excluding ortho intramolecular Hbond substituents is 1. The minimum Gasteiger partial charge on any atom is -0.508 e. The molecule has 1 aromatic rings. The number of hydrogen-bond acceptors (Lipinski definition) is 4. The summed E-state index contributed by atoms with van der Waals surface area (Å²) in [6, 6.07) is 6.72. The molecule has 1 aromatic carbocycles. The number of nitrogens with one attached hydrogen (secondary N) is 2. The molecule has 0 heterocycles. The number of hydrazone groups is 1. The molecule has 0 aliphatic heterocycles. The van der Waals surface area contributed by atoms with Crippen molar-refractivity contribution in [1.82, 2.24) is 10.7 Å². The largest absolute Gasteiger partial charge is 0.508 e. The van der Waals surface area contributed by atoms with Crippen LogP contribution < -0.4 is 10.7 Å². The Labute approximate surface area is 112 Å². The monoisotopic (exact) mass is 267 g/mol. The van der Waals surface area contributed by atoms with Crippen molar-refractivity contribution in [2.45, 2.75) is 6.42 Å². The molecule has 98 valence electrons. The van der Waals surface area contributed by atoms with Crippen molar-refractivity contribution in [3.05, 3.63) is 29.8 Å². The molecule has 0 spiro atoms. The Morgan fingerprint density at radius 3 is 2.83 bits per heavy atom. The summed E-state index contributed by atoms with van der Waals surface area (Å²) in [7, 11) is 1.67. The lowest BCUT2D eigenvalue weighted by atomic mass is 10.2. The third-order valence-corrected chi connectivity index (χ3v) is 2.32. The van der Waals surface area contributed by atoms with Gasteiger partial charge in [-0.2, -0.15) is 5.10 Å². The molecule has 0 saturated carbocycles. The highest BCUT2D eigenvalue weighted by Crippen LogP contribution is 2.07. The number of methoxy groups -OCH3 is 1. The quantitative estimate of drug-likeness (QED) is 0.313. The Hall–Kier alpha value is -1.66. The van der Waals surface area contributed by atoms with Gasteiger partial charge in [-0.3, -0.25) is 5.43 Å². The van der Waals surface area contributed by atoms with Crippen molar-refractivity contribution in [2.24, 2.45) is 5.10 Å². The van der Waals surface area contributed by atoms with Crippen LogP contribution in [0.2, 0.25) is 0 Å². The molecule has 0 saturated heterocycles. The highest BCUT2D eigenvalue weighted by atomic mass is 32.1. The molecule has 5 nitrogen and oxygen atoms in total. The second-order valence-corrected chi connectivity index (χ2v) is 3.97. The number of rotatable bonds is 6. The number of phenols is 1. The van der Waals surface area contributed by atoms with Crippen LogP contribution in [0.25, 0.3) is 0 Å². The predicted molar refractivity (Wildman–Crippen MR) is 75.9 cm³/mol. The smallest absolute Gasteiger partial charge is 0.186 e. The van der Waals surface area contributed by atoms with Crippen LogP contribution in [-0.4, -0.2) is 36.7 Å². The van der Waals surface area contributed by atoms with Crippen LogP contribution in [0.5, 0.6) is 5.75 Å². The molecule has 18 heavy (non-hydrogen) atoms. The normalized spacial score (nSPS) is 10.5. The molecule has 6 heteroatoms. The lowest BCUT2D eigenvalue weighted by molar-refractivity contribution is 0.195. The number of benzene rings is 1. The molecule has 0 unspecified atom stereocenters. The molecule has 0 bridgehead atoms. The van der Waals surface area contributed by atoms with Crippen LogP contribution in [0.4, 0.5) is 0 Å². The third kappa shape index (κ3) is 6.17. The summed E-state index contributed by atoms with van der Waals surface area (Å²) in [4.78, 5) is 0. The predicted octanol–water partition coefficient (Wildman–Crippen LogP) is 1.23. The molecule has 0 amide bonds. The number of aromatic hydroxyl groups is 1. The summed E-state index contributed by atoms with van der Waals surface area (Å²) < 4.78 is 4.92. The lowest BCUT2D eigenvalue weighted by Crippen LogP contribution is -2.33. The van der Waals surface area contributed by atoms with Crippen LogP contribution in [0.3, 0.4) is 0 Å². The van der Waals surface area contributed by atoms with Crippen LogP contribution >= 0.6 is 12.2 Å². The van der Waals surface area contributed by atoms with E-state index in [0.717, 1.165) is 18.5 Å². The molecule has 0 aliphatic carbocycles. The molecule has 3 N–H and O–H groups in total. The molecule has 0 aromatic heterocycles. The van der Waals surface area contributed by atoms with Gasteiger partial charge < -0.3 is 15.2 Å². The van der Waals surface area contributed by atoms with Crippen LogP contribution in [-0.2, 0) is 4.74 Å². The van der Waals surface area contributed by atoms with Gasteiger partial charge in [0.2, 0.25) is 0 Å². The maximum atomic E-state index is 9.11. The Bertz CT molecular complexity index is 393. The Morgan fingerprint density at radius 1 is 1.44 bits per heavy atom. The topological polar surface area (TPSA) is 65.9 Å². The summed E-state index contributed by atoms with van der Waals surface area (Å²) in [5, 5.41) is 16.6. The van der Waals surface area contributed by atoms with Crippen molar-refractivity contribution >= 4 is 23.5 Å². The first kappa shape index (κ1) is 14.4. The maximum Gasteiger partial charge on any atom is 0.186 e. The SMILES string of the molecule is COCCCNC(=S)N/N=C\c1ccc(O)cc1. The standard InChI is InChI=1S/C12H17N3O2S/c1-17-8-2-7-13-12(18)15-14-9-10-3-5-11(16)6-4-10/h3-6,9,16H,2,7-8H2,1H3,(H2,13,15,18)/b14-9-. The zero-order chi connectivity index (χ0) is 13.2. The summed E-state index contributed by atoms with van der Waals surface area (Å²) >= 11 is 5.02. The first-order valence-corrected chi connectivity index (χ1v) is 5.98. The molecule has 1 rings (SSSR count). The van der Waals surface area contributed by atoms with Crippen molar-refractivity contribution in [3.8, 4) is 5.75 Å². The van der Waals surface area contributed by atoms with E-state index in [4.69, 9.17) is 22.1 Å². The van der Waals surface area contributed by atoms with Gasteiger partial charge in [0, 0.05) is 20.3 Å². The second kappa shape index (κ2) is 8.43. The van der Waals surface area contributed by atoms with Gasteiger partial charge in [-0.25, -0.2) is 0 Å². The van der Waals surface area contributed by atoms with E-state index in [1.54, 1.807) is 37.6 Å². The Kier molecular flexibility index (Phi) is 6.75. The van der Waals surface area contributed by atoms with Crippen molar-refractivity contribution in [2.75, 3.05) is 20.3 Å². The number of thiocarbonyl (C=S) groups is 1. The number of ether oxygens (including phenoxy) is 1. The van der Waals surface area contributed by atoms with Gasteiger partial charge in [-0.1, -0.05) is 0 Å². The summed E-state index contributed by atoms with van der Waals surface area (Å²) in [5.74, 6) is 0.232. The second-order valence-electron chi connectivity index (χ2n) is 3.56. The van der Waals surface area contributed by atoms with Crippen molar-refractivity contribution in [1.29, 1.82) is 0 Å². The zero-order valence-electron chi connectivity index (χ0n) is 10.2. The maximum absolute atomic E-state index is 9.11. The average molecular weight is 267 g/mol. The Balaban J connectivity index is 2.23. The van der Waals surface area contributed by atoms with Crippen LogP contribution in [0.15, 0.2) is 29.4 Å². The number of hydrogen-bond donors (Lipinski definition) is 3. The molecule has 0 atom stereocenters.